The zero-order chi connectivity index (χ0) is 14.8. The Morgan fingerprint density at radius 3 is 2.71 bits per heavy atom. The minimum absolute atomic E-state index is 0.151. The van der Waals surface area contributed by atoms with Crippen LogP contribution in [-0.2, 0) is 4.79 Å². The van der Waals surface area contributed by atoms with Crippen molar-refractivity contribution in [3.63, 3.8) is 0 Å². The molecule has 1 amide bonds. The molecule has 1 heterocycles. The Hall–Kier alpha value is -2.30. The maximum atomic E-state index is 12.0. The van der Waals surface area contributed by atoms with Gasteiger partial charge >= 0.3 is 0 Å². The second kappa shape index (κ2) is 5.60. The van der Waals surface area contributed by atoms with Crippen LogP contribution in [0.2, 0.25) is 0 Å². The monoisotopic (exact) mass is 286 g/mol. The second-order valence-corrected chi connectivity index (χ2v) is 5.22. The fourth-order valence-electron chi connectivity index (χ4n) is 2.46. The average molecular weight is 286 g/mol. The third-order valence-electron chi connectivity index (χ3n) is 3.94. The third-order valence-corrected chi connectivity index (χ3v) is 3.94. The van der Waals surface area contributed by atoms with Crippen LogP contribution in [0.25, 0.3) is 6.08 Å². The van der Waals surface area contributed by atoms with E-state index in [1.54, 1.807) is 20.3 Å². The van der Waals surface area contributed by atoms with Gasteiger partial charge in [0.1, 0.15) is 23.0 Å². The normalized spacial score (nSPS) is 20.0. The molecule has 21 heavy (non-hydrogen) atoms. The minimum Gasteiger partial charge on any atom is -0.497 e. The van der Waals surface area contributed by atoms with Gasteiger partial charge in [-0.2, -0.15) is 0 Å². The molecule has 1 fully saturated rings. The summed E-state index contributed by atoms with van der Waals surface area (Å²) in [6, 6.07) is 5.46. The summed E-state index contributed by atoms with van der Waals surface area (Å²) in [7, 11) is 3.20. The lowest BCUT2D eigenvalue weighted by Crippen LogP contribution is -2.33. The van der Waals surface area contributed by atoms with Gasteiger partial charge in [-0.3, -0.25) is 4.79 Å². The van der Waals surface area contributed by atoms with E-state index in [4.69, 9.17) is 9.47 Å². The fourth-order valence-corrected chi connectivity index (χ4v) is 2.46. The highest BCUT2D eigenvalue weighted by Gasteiger charge is 2.30. The summed E-state index contributed by atoms with van der Waals surface area (Å²) >= 11 is 0. The highest BCUT2D eigenvalue weighted by atomic mass is 16.5. The van der Waals surface area contributed by atoms with Gasteiger partial charge in [0.05, 0.1) is 14.2 Å². The number of ether oxygens (including phenoxy) is 2. The van der Waals surface area contributed by atoms with Gasteiger partial charge in [0.2, 0.25) is 0 Å². The van der Waals surface area contributed by atoms with Crippen LogP contribution in [0, 0.1) is 5.92 Å². The first-order valence-corrected chi connectivity index (χ1v) is 7.05. The van der Waals surface area contributed by atoms with E-state index in [1.807, 2.05) is 18.2 Å². The summed E-state index contributed by atoms with van der Waals surface area (Å²) in [6.07, 6.45) is 5.16. The second-order valence-electron chi connectivity index (χ2n) is 5.22. The van der Waals surface area contributed by atoms with Crippen molar-refractivity contribution in [2.45, 2.75) is 19.3 Å². The number of carbonyl (C=O) groups excluding carboxylic acids is 1. The third kappa shape index (κ3) is 2.63. The molecule has 0 unspecified atom stereocenters. The number of hydrogen-bond acceptors (Lipinski definition) is 4. The van der Waals surface area contributed by atoms with Gasteiger partial charge in [-0.15, -0.1) is 0 Å². The lowest BCUT2D eigenvalue weighted by molar-refractivity contribution is -0.115. The molecule has 1 aromatic rings. The largest absolute Gasteiger partial charge is 0.497 e. The lowest BCUT2D eigenvalue weighted by atomic mass is 9.84. The van der Waals surface area contributed by atoms with Crippen LogP contribution < -0.4 is 14.8 Å². The summed E-state index contributed by atoms with van der Waals surface area (Å²) in [5.74, 6) is 2.46. The van der Waals surface area contributed by atoms with Crippen LogP contribution in [0.4, 0.5) is 0 Å². The van der Waals surface area contributed by atoms with Crippen molar-refractivity contribution < 1.29 is 14.3 Å². The molecular weight excluding hydrogens is 268 g/mol. The molecule has 5 nitrogen and oxygen atoms in total. The minimum atomic E-state index is -0.151. The van der Waals surface area contributed by atoms with Crippen LogP contribution >= 0.6 is 0 Å². The van der Waals surface area contributed by atoms with Crippen molar-refractivity contribution in [3.05, 3.63) is 29.5 Å². The van der Waals surface area contributed by atoms with E-state index in [0.29, 0.717) is 23.1 Å². The van der Waals surface area contributed by atoms with E-state index in [9.17, 15) is 4.79 Å². The molecule has 0 spiro atoms. The summed E-state index contributed by atoms with van der Waals surface area (Å²) < 4.78 is 10.5. The van der Waals surface area contributed by atoms with Crippen molar-refractivity contribution in [2.75, 3.05) is 14.2 Å². The Morgan fingerprint density at radius 2 is 2.10 bits per heavy atom. The highest BCUT2D eigenvalue weighted by molar-refractivity contribution is 6.15. The molecule has 2 aliphatic rings. The Bertz CT molecular complexity index is 630. The van der Waals surface area contributed by atoms with E-state index >= 15 is 0 Å². The first-order chi connectivity index (χ1) is 10.2. The van der Waals surface area contributed by atoms with Gasteiger partial charge in [-0.1, -0.05) is 6.42 Å². The smallest absolute Gasteiger partial charge is 0.275 e. The van der Waals surface area contributed by atoms with E-state index in [-0.39, 0.29) is 5.91 Å². The zero-order valence-corrected chi connectivity index (χ0v) is 12.2. The maximum absolute atomic E-state index is 12.0. The van der Waals surface area contributed by atoms with Crippen molar-refractivity contribution >= 4 is 17.8 Å². The molecular formula is C16H18N2O3. The molecule has 0 bridgehead atoms. The molecule has 1 aromatic carbocycles. The zero-order valence-electron chi connectivity index (χ0n) is 12.2. The molecule has 1 aliphatic carbocycles. The summed E-state index contributed by atoms with van der Waals surface area (Å²) in [6.45, 7) is 0. The lowest BCUT2D eigenvalue weighted by Gasteiger charge is -2.24. The number of nitrogens with zero attached hydrogens (tertiary/aromatic N) is 1. The van der Waals surface area contributed by atoms with Crippen molar-refractivity contribution in [1.29, 1.82) is 0 Å². The van der Waals surface area contributed by atoms with Gasteiger partial charge in [0, 0.05) is 11.5 Å². The number of methoxy groups -OCH3 is 2. The molecule has 0 saturated heterocycles. The number of amidine groups is 1. The van der Waals surface area contributed by atoms with Crippen LogP contribution in [-0.4, -0.2) is 26.0 Å². The molecule has 1 N–H and O–H groups in total. The van der Waals surface area contributed by atoms with E-state index in [0.717, 1.165) is 24.2 Å². The van der Waals surface area contributed by atoms with Crippen LogP contribution in [0.15, 0.2) is 28.9 Å². The molecule has 3 rings (SSSR count). The summed E-state index contributed by atoms with van der Waals surface area (Å²) in [5, 5.41) is 2.86. The fraction of sp³-hybridized carbons (Fsp3) is 0.375. The SMILES string of the molecule is COc1ccc(OC)c(/C=C2\N=C(C3CCC3)NC2=O)c1. The Balaban J connectivity index is 1.93. The number of rotatable bonds is 4. The number of aliphatic imine (C=N–C) groups is 1. The molecule has 0 aromatic heterocycles. The maximum Gasteiger partial charge on any atom is 0.275 e. The van der Waals surface area contributed by atoms with Gasteiger partial charge < -0.3 is 14.8 Å². The predicted molar refractivity (Wildman–Crippen MR) is 80.4 cm³/mol. The van der Waals surface area contributed by atoms with Crippen LogP contribution in [0.1, 0.15) is 24.8 Å². The first-order valence-electron chi connectivity index (χ1n) is 7.05. The molecule has 1 aliphatic heterocycles. The van der Waals surface area contributed by atoms with Gasteiger partial charge in [0.15, 0.2) is 0 Å². The summed E-state index contributed by atoms with van der Waals surface area (Å²) in [5.41, 5.74) is 1.20. The van der Waals surface area contributed by atoms with Crippen molar-refractivity contribution in [2.24, 2.45) is 10.9 Å². The molecule has 0 radical (unpaired) electrons. The Labute approximate surface area is 123 Å². The number of amides is 1. The molecule has 5 heteroatoms. The predicted octanol–water partition coefficient (Wildman–Crippen LogP) is 2.37. The van der Waals surface area contributed by atoms with Crippen molar-refractivity contribution in [3.8, 4) is 11.5 Å². The Kier molecular flexibility index (Phi) is 3.64. The van der Waals surface area contributed by atoms with E-state index < -0.39 is 0 Å². The Morgan fingerprint density at radius 1 is 1.29 bits per heavy atom. The van der Waals surface area contributed by atoms with E-state index in [1.165, 1.54) is 6.42 Å². The number of hydrogen-bond donors (Lipinski definition) is 1. The average Bonchev–Trinajstić information content (AvgIpc) is 2.77. The molecule has 0 atom stereocenters. The number of nitrogens with one attached hydrogen (secondary N) is 1. The van der Waals surface area contributed by atoms with Crippen LogP contribution in [0.3, 0.4) is 0 Å². The standard InChI is InChI=1S/C16H18N2O3/c1-20-12-6-7-14(21-2)11(8-12)9-13-16(19)18-15(17-13)10-4-3-5-10/h6-10H,3-5H2,1-2H3,(H,17,18,19)/b13-9-. The van der Waals surface area contributed by atoms with E-state index in [2.05, 4.69) is 10.3 Å². The van der Waals surface area contributed by atoms with Crippen molar-refractivity contribution in [1.82, 2.24) is 5.32 Å². The number of benzene rings is 1. The van der Waals surface area contributed by atoms with Crippen LogP contribution in [0.5, 0.6) is 11.5 Å². The highest BCUT2D eigenvalue weighted by Crippen LogP contribution is 2.31. The molecule has 1 saturated carbocycles. The molecule has 110 valence electrons. The topological polar surface area (TPSA) is 59.9 Å². The quantitative estimate of drug-likeness (QED) is 0.864. The van der Waals surface area contributed by atoms with Gasteiger partial charge in [-0.05, 0) is 37.1 Å². The first kappa shape index (κ1) is 13.7. The van der Waals surface area contributed by atoms with Gasteiger partial charge in [-0.25, -0.2) is 4.99 Å². The van der Waals surface area contributed by atoms with Gasteiger partial charge in [0.25, 0.3) is 5.91 Å². The number of carbonyl (C=O) groups is 1. The summed E-state index contributed by atoms with van der Waals surface area (Å²) in [4.78, 5) is 16.5.